The van der Waals surface area contributed by atoms with Gasteiger partial charge in [-0.05, 0) is 37.0 Å². The third-order valence-electron chi connectivity index (χ3n) is 3.27. The number of unbranched alkanes of at least 4 members (excludes halogenated alkanes) is 1. The maximum atomic E-state index is 6.11. The molecule has 1 aromatic rings. The van der Waals surface area contributed by atoms with Crippen LogP contribution in [0.3, 0.4) is 0 Å². The Hall–Kier alpha value is -0.900. The lowest BCUT2D eigenvalue weighted by atomic mass is 10.0. The minimum absolute atomic E-state index is 0.0602. The molecule has 1 unspecified atom stereocenters. The lowest BCUT2D eigenvalue weighted by molar-refractivity contribution is 0.0416. The molecule has 0 aliphatic rings. The van der Waals surface area contributed by atoms with E-state index in [-0.39, 0.29) is 6.04 Å². The molecule has 2 N–H and O–H groups in total. The maximum absolute atomic E-state index is 6.11. The number of hydrogen-bond donors (Lipinski definition) is 1. The van der Waals surface area contributed by atoms with E-state index in [0.29, 0.717) is 19.8 Å². The molecule has 0 radical (unpaired) electrons. The van der Waals surface area contributed by atoms with Crippen LogP contribution < -0.4 is 5.73 Å². The van der Waals surface area contributed by atoms with Crippen LogP contribution in [-0.4, -0.2) is 26.4 Å². The molecule has 1 rings (SSSR count). The van der Waals surface area contributed by atoms with E-state index in [9.17, 15) is 0 Å². The van der Waals surface area contributed by atoms with Crippen LogP contribution in [0, 0.1) is 13.8 Å². The van der Waals surface area contributed by atoms with Gasteiger partial charge in [-0.3, -0.25) is 0 Å². The summed E-state index contributed by atoms with van der Waals surface area (Å²) in [5.41, 5.74) is 9.81. The van der Waals surface area contributed by atoms with E-state index in [1.807, 2.05) is 0 Å². The Morgan fingerprint density at radius 1 is 1.05 bits per heavy atom. The van der Waals surface area contributed by atoms with Crippen molar-refractivity contribution in [2.24, 2.45) is 5.73 Å². The van der Waals surface area contributed by atoms with Gasteiger partial charge in [0.25, 0.3) is 0 Å². The third kappa shape index (κ3) is 6.19. The van der Waals surface area contributed by atoms with Gasteiger partial charge in [0.1, 0.15) is 0 Å². The van der Waals surface area contributed by atoms with Crippen LogP contribution in [0.2, 0.25) is 0 Å². The van der Waals surface area contributed by atoms with Crippen LogP contribution in [0.4, 0.5) is 0 Å². The Labute approximate surface area is 117 Å². The van der Waals surface area contributed by atoms with Crippen LogP contribution in [0.25, 0.3) is 0 Å². The van der Waals surface area contributed by atoms with Crippen molar-refractivity contribution in [2.45, 2.75) is 39.7 Å². The smallest absolute Gasteiger partial charge is 0.0701 e. The van der Waals surface area contributed by atoms with Gasteiger partial charge in [-0.1, -0.05) is 31.5 Å². The normalized spacial score (nSPS) is 12.6. The van der Waals surface area contributed by atoms with Crippen molar-refractivity contribution in [2.75, 3.05) is 26.4 Å². The number of benzene rings is 1. The number of aryl methyl sites for hydroxylation is 2. The number of nitrogens with two attached hydrogens (primary N) is 1. The van der Waals surface area contributed by atoms with Crippen molar-refractivity contribution >= 4 is 0 Å². The minimum atomic E-state index is -0.0602. The predicted octanol–water partition coefficient (Wildman–Crippen LogP) is 3.14. The molecule has 0 saturated heterocycles. The molecule has 0 amide bonds. The Bertz CT molecular complexity index is 366. The average Bonchev–Trinajstić information content (AvgIpc) is 2.40. The van der Waals surface area contributed by atoms with Crippen LogP contribution in [0.1, 0.15) is 42.5 Å². The first-order valence-electron chi connectivity index (χ1n) is 7.13. The molecule has 108 valence electrons. The quantitative estimate of drug-likeness (QED) is 0.698. The summed E-state index contributed by atoms with van der Waals surface area (Å²) in [6.45, 7) is 9.00. The van der Waals surface area contributed by atoms with Gasteiger partial charge in [0.05, 0.1) is 25.9 Å². The molecule has 0 aliphatic heterocycles. The second kappa shape index (κ2) is 9.08. The van der Waals surface area contributed by atoms with Crippen molar-refractivity contribution in [3.63, 3.8) is 0 Å². The highest BCUT2D eigenvalue weighted by atomic mass is 16.5. The van der Waals surface area contributed by atoms with Crippen LogP contribution in [-0.2, 0) is 9.47 Å². The van der Waals surface area contributed by atoms with Gasteiger partial charge < -0.3 is 15.2 Å². The van der Waals surface area contributed by atoms with Gasteiger partial charge >= 0.3 is 0 Å². The van der Waals surface area contributed by atoms with Gasteiger partial charge in [-0.2, -0.15) is 0 Å². The maximum Gasteiger partial charge on any atom is 0.0701 e. The summed E-state index contributed by atoms with van der Waals surface area (Å²) in [5.74, 6) is 0. The fourth-order valence-electron chi connectivity index (χ4n) is 1.77. The summed E-state index contributed by atoms with van der Waals surface area (Å²) < 4.78 is 11.0. The highest BCUT2D eigenvalue weighted by molar-refractivity contribution is 5.31. The van der Waals surface area contributed by atoms with Crippen LogP contribution in [0.15, 0.2) is 18.2 Å². The standard InChI is InChI=1S/C16H27NO2/c1-4-5-8-18-9-10-19-12-16(17)15-7-6-13(2)14(3)11-15/h6-7,11,16H,4-5,8-10,12,17H2,1-3H3. The first-order valence-corrected chi connectivity index (χ1v) is 7.13. The molecule has 0 bridgehead atoms. The Morgan fingerprint density at radius 2 is 1.79 bits per heavy atom. The summed E-state index contributed by atoms with van der Waals surface area (Å²) in [4.78, 5) is 0. The number of ether oxygens (including phenoxy) is 2. The van der Waals surface area contributed by atoms with E-state index in [1.54, 1.807) is 0 Å². The zero-order valence-electron chi connectivity index (χ0n) is 12.4. The molecule has 3 nitrogen and oxygen atoms in total. The van der Waals surface area contributed by atoms with E-state index in [1.165, 1.54) is 17.5 Å². The second-order valence-corrected chi connectivity index (χ2v) is 4.99. The fraction of sp³-hybridized carbons (Fsp3) is 0.625. The lowest BCUT2D eigenvalue weighted by Gasteiger charge is -2.14. The van der Waals surface area contributed by atoms with Gasteiger partial charge in [-0.25, -0.2) is 0 Å². The lowest BCUT2D eigenvalue weighted by Crippen LogP contribution is -2.19. The highest BCUT2D eigenvalue weighted by Crippen LogP contribution is 2.15. The molecule has 0 saturated carbocycles. The van der Waals surface area contributed by atoms with E-state index < -0.39 is 0 Å². The van der Waals surface area contributed by atoms with Gasteiger partial charge in [-0.15, -0.1) is 0 Å². The van der Waals surface area contributed by atoms with Gasteiger partial charge in [0.2, 0.25) is 0 Å². The molecule has 0 aliphatic carbocycles. The Morgan fingerprint density at radius 3 is 2.47 bits per heavy atom. The molecule has 1 atom stereocenters. The fourth-order valence-corrected chi connectivity index (χ4v) is 1.77. The molecule has 1 aromatic carbocycles. The van der Waals surface area contributed by atoms with Crippen LogP contribution in [0.5, 0.6) is 0 Å². The van der Waals surface area contributed by atoms with Crippen molar-refractivity contribution in [1.29, 1.82) is 0 Å². The van der Waals surface area contributed by atoms with Crippen molar-refractivity contribution < 1.29 is 9.47 Å². The van der Waals surface area contributed by atoms with Crippen LogP contribution >= 0.6 is 0 Å². The molecule has 19 heavy (non-hydrogen) atoms. The first-order chi connectivity index (χ1) is 9.15. The van der Waals surface area contributed by atoms with Gasteiger partial charge in [0, 0.05) is 6.61 Å². The summed E-state index contributed by atoms with van der Waals surface area (Å²) in [6, 6.07) is 6.27. The molecule has 0 fully saturated rings. The van der Waals surface area contributed by atoms with Crippen molar-refractivity contribution in [3.05, 3.63) is 34.9 Å². The number of rotatable bonds is 9. The monoisotopic (exact) mass is 265 g/mol. The first kappa shape index (κ1) is 16.2. The van der Waals surface area contributed by atoms with E-state index in [0.717, 1.165) is 18.6 Å². The molecule has 0 spiro atoms. The highest BCUT2D eigenvalue weighted by Gasteiger charge is 2.07. The SMILES string of the molecule is CCCCOCCOCC(N)c1ccc(C)c(C)c1. The molecular formula is C16H27NO2. The summed E-state index contributed by atoms with van der Waals surface area (Å²) in [5, 5.41) is 0. The summed E-state index contributed by atoms with van der Waals surface area (Å²) >= 11 is 0. The second-order valence-electron chi connectivity index (χ2n) is 4.99. The number of hydrogen-bond acceptors (Lipinski definition) is 3. The summed E-state index contributed by atoms with van der Waals surface area (Å²) in [6.07, 6.45) is 2.28. The predicted molar refractivity (Wildman–Crippen MR) is 79.4 cm³/mol. The Kier molecular flexibility index (Phi) is 7.72. The molecular weight excluding hydrogens is 238 g/mol. The zero-order valence-corrected chi connectivity index (χ0v) is 12.4. The average molecular weight is 265 g/mol. The van der Waals surface area contributed by atoms with E-state index >= 15 is 0 Å². The van der Waals surface area contributed by atoms with Crippen molar-refractivity contribution in [3.8, 4) is 0 Å². The summed E-state index contributed by atoms with van der Waals surface area (Å²) in [7, 11) is 0. The molecule has 0 aromatic heterocycles. The third-order valence-corrected chi connectivity index (χ3v) is 3.27. The van der Waals surface area contributed by atoms with E-state index in [4.69, 9.17) is 15.2 Å². The topological polar surface area (TPSA) is 44.5 Å². The Balaban J connectivity index is 2.20. The molecule has 0 heterocycles. The minimum Gasteiger partial charge on any atom is -0.379 e. The van der Waals surface area contributed by atoms with E-state index in [2.05, 4.69) is 39.0 Å². The largest absolute Gasteiger partial charge is 0.379 e. The van der Waals surface area contributed by atoms with Gasteiger partial charge in [0.15, 0.2) is 0 Å². The zero-order chi connectivity index (χ0) is 14.1. The molecule has 3 heteroatoms. The van der Waals surface area contributed by atoms with Crippen molar-refractivity contribution in [1.82, 2.24) is 0 Å².